The van der Waals surface area contributed by atoms with Crippen molar-refractivity contribution in [1.29, 1.82) is 0 Å². The molecule has 1 saturated carbocycles. The summed E-state index contributed by atoms with van der Waals surface area (Å²) in [5, 5.41) is 15.6. The number of carbonyl (C=O) groups is 1. The second-order valence-corrected chi connectivity index (χ2v) is 7.60. The van der Waals surface area contributed by atoms with Gasteiger partial charge in [0.05, 0.1) is 5.52 Å². The first-order chi connectivity index (χ1) is 13.9. The van der Waals surface area contributed by atoms with Gasteiger partial charge < -0.3 is 26.7 Å². The first-order valence-corrected chi connectivity index (χ1v) is 9.82. The summed E-state index contributed by atoms with van der Waals surface area (Å²) in [6, 6.07) is 8.12. The Kier molecular flexibility index (Phi) is 5.06. The van der Waals surface area contributed by atoms with Gasteiger partial charge >= 0.3 is 0 Å². The van der Waals surface area contributed by atoms with E-state index in [1.54, 1.807) is 0 Å². The predicted molar refractivity (Wildman–Crippen MR) is 113 cm³/mol. The van der Waals surface area contributed by atoms with Crippen molar-refractivity contribution in [3.63, 3.8) is 0 Å². The van der Waals surface area contributed by atoms with Crippen LogP contribution >= 0.6 is 0 Å². The van der Waals surface area contributed by atoms with E-state index < -0.39 is 5.91 Å². The average Bonchev–Trinajstić information content (AvgIpc) is 2.99. The van der Waals surface area contributed by atoms with E-state index in [0.29, 0.717) is 5.95 Å². The molecule has 1 aromatic carbocycles. The molecule has 1 aliphatic carbocycles. The van der Waals surface area contributed by atoms with E-state index in [1.165, 1.54) is 0 Å². The smallest absolute Gasteiger partial charge is 0.273 e. The number of aromatic nitrogens is 4. The summed E-state index contributed by atoms with van der Waals surface area (Å²) in [6.45, 7) is 2.04. The SMILES string of the molecule is Cc1cc2c(Nc3nc(N[C@@H]4CCCC[C@@H]4N)nnc3C(N)=O)cccc2n1C. The number of anilines is 3. The lowest BCUT2D eigenvalue weighted by atomic mass is 9.91. The molecule has 29 heavy (non-hydrogen) atoms. The van der Waals surface area contributed by atoms with Gasteiger partial charge in [0.1, 0.15) is 0 Å². The van der Waals surface area contributed by atoms with E-state index in [-0.39, 0.29) is 23.6 Å². The number of amides is 1. The van der Waals surface area contributed by atoms with Crippen molar-refractivity contribution in [1.82, 2.24) is 19.7 Å². The van der Waals surface area contributed by atoms with Gasteiger partial charge in [0, 0.05) is 35.9 Å². The van der Waals surface area contributed by atoms with Crippen molar-refractivity contribution in [3.8, 4) is 0 Å². The van der Waals surface area contributed by atoms with Crippen LogP contribution in [0.15, 0.2) is 24.3 Å². The van der Waals surface area contributed by atoms with E-state index in [0.717, 1.165) is 48.0 Å². The summed E-state index contributed by atoms with van der Waals surface area (Å²) in [5.74, 6) is -0.0884. The molecule has 9 nitrogen and oxygen atoms in total. The summed E-state index contributed by atoms with van der Waals surface area (Å²) in [7, 11) is 2.01. The lowest BCUT2D eigenvalue weighted by molar-refractivity contribution is 0.0995. The fourth-order valence-electron chi connectivity index (χ4n) is 3.87. The molecule has 6 N–H and O–H groups in total. The third-order valence-electron chi connectivity index (χ3n) is 5.63. The predicted octanol–water partition coefficient (Wildman–Crippen LogP) is 2.20. The molecule has 0 saturated heterocycles. The molecular weight excluding hydrogens is 368 g/mol. The number of carbonyl (C=O) groups excluding carboxylic acids is 1. The molecule has 0 spiro atoms. The Bertz CT molecular complexity index is 1060. The van der Waals surface area contributed by atoms with Gasteiger partial charge in [-0.3, -0.25) is 4.79 Å². The molecule has 2 heterocycles. The molecule has 2 aromatic heterocycles. The molecule has 4 rings (SSSR count). The summed E-state index contributed by atoms with van der Waals surface area (Å²) >= 11 is 0. The van der Waals surface area contributed by atoms with Gasteiger partial charge in [-0.05, 0) is 38.0 Å². The minimum atomic E-state index is -0.690. The summed E-state index contributed by atoms with van der Waals surface area (Å²) in [5.41, 5.74) is 14.7. The van der Waals surface area contributed by atoms with Gasteiger partial charge in [-0.2, -0.15) is 4.98 Å². The van der Waals surface area contributed by atoms with Crippen LogP contribution in [0.1, 0.15) is 41.9 Å². The zero-order chi connectivity index (χ0) is 20.5. The normalized spacial score (nSPS) is 19.3. The summed E-state index contributed by atoms with van der Waals surface area (Å²) in [4.78, 5) is 16.4. The average molecular weight is 394 g/mol. The molecule has 1 amide bonds. The van der Waals surface area contributed by atoms with Crippen molar-refractivity contribution in [2.75, 3.05) is 10.6 Å². The number of rotatable bonds is 5. The highest BCUT2D eigenvalue weighted by atomic mass is 16.1. The van der Waals surface area contributed by atoms with E-state index in [2.05, 4.69) is 36.4 Å². The van der Waals surface area contributed by atoms with Crippen LogP contribution in [0.5, 0.6) is 0 Å². The number of fused-ring (bicyclic) bond motifs is 1. The number of nitrogens with one attached hydrogen (secondary N) is 2. The minimum Gasteiger partial charge on any atom is -0.364 e. The standard InChI is InChI=1S/C20H26N8O/c1-11-10-12-14(8-5-9-16(12)28(11)2)23-19-17(18(22)29)26-27-20(25-19)24-15-7-4-3-6-13(15)21/h5,8-10,13,15H,3-4,6-7,21H2,1-2H3,(H2,22,29)(H2,23,24,25,27)/t13-,15+/m0/s1. The van der Waals surface area contributed by atoms with Gasteiger partial charge in [0.25, 0.3) is 5.91 Å². The molecular formula is C20H26N8O. The number of nitrogens with zero attached hydrogens (tertiary/aromatic N) is 4. The Balaban J connectivity index is 1.68. The molecule has 0 unspecified atom stereocenters. The van der Waals surface area contributed by atoms with Gasteiger partial charge in [0.15, 0.2) is 11.5 Å². The van der Waals surface area contributed by atoms with Crippen LogP contribution in [0.25, 0.3) is 10.9 Å². The maximum Gasteiger partial charge on any atom is 0.273 e. The quantitative estimate of drug-likeness (QED) is 0.520. The third-order valence-corrected chi connectivity index (χ3v) is 5.63. The van der Waals surface area contributed by atoms with E-state index >= 15 is 0 Å². The lowest BCUT2D eigenvalue weighted by Crippen LogP contribution is -2.43. The van der Waals surface area contributed by atoms with Crippen LogP contribution in [0.2, 0.25) is 0 Å². The Morgan fingerprint density at radius 3 is 2.79 bits per heavy atom. The highest BCUT2D eigenvalue weighted by molar-refractivity contribution is 5.99. The summed E-state index contributed by atoms with van der Waals surface area (Å²) < 4.78 is 2.10. The lowest BCUT2D eigenvalue weighted by Gasteiger charge is -2.29. The van der Waals surface area contributed by atoms with Crippen molar-refractivity contribution in [2.24, 2.45) is 18.5 Å². The molecule has 1 fully saturated rings. The first-order valence-electron chi connectivity index (χ1n) is 9.82. The highest BCUT2D eigenvalue weighted by Crippen LogP contribution is 2.29. The van der Waals surface area contributed by atoms with Gasteiger partial charge in [-0.1, -0.05) is 18.9 Å². The zero-order valence-electron chi connectivity index (χ0n) is 16.6. The molecule has 152 valence electrons. The van der Waals surface area contributed by atoms with E-state index in [1.807, 2.05) is 32.2 Å². The van der Waals surface area contributed by atoms with Crippen LogP contribution in [0, 0.1) is 6.92 Å². The molecule has 1 aliphatic rings. The zero-order valence-corrected chi connectivity index (χ0v) is 16.6. The maximum absolute atomic E-state index is 11.9. The van der Waals surface area contributed by atoms with Crippen LogP contribution in [-0.2, 0) is 7.05 Å². The topological polar surface area (TPSA) is 137 Å². The Morgan fingerprint density at radius 1 is 1.24 bits per heavy atom. The molecule has 0 aliphatic heterocycles. The maximum atomic E-state index is 11.9. The van der Waals surface area contributed by atoms with Crippen LogP contribution in [0.3, 0.4) is 0 Å². The van der Waals surface area contributed by atoms with Crippen LogP contribution < -0.4 is 22.1 Å². The number of aryl methyl sites for hydroxylation is 2. The van der Waals surface area contributed by atoms with Crippen molar-refractivity contribution >= 4 is 34.3 Å². The fraction of sp³-hybridized carbons (Fsp3) is 0.400. The monoisotopic (exact) mass is 394 g/mol. The van der Waals surface area contributed by atoms with Crippen molar-refractivity contribution in [2.45, 2.75) is 44.7 Å². The first kappa shape index (κ1) is 19.1. The molecule has 2 atom stereocenters. The van der Waals surface area contributed by atoms with Gasteiger partial charge in [0.2, 0.25) is 5.95 Å². The fourth-order valence-corrected chi connectivity index (χ4v) is 3.87. The summed E-state index contributed by atoms with van der Waals surface area (Å²) in [6.07, 6.45) is 4.16. The van der Waals surface area contributed by atoms with Crippen molar-refractivity contribution in [3.05, 3.63) is 35.7 Å². The second-order valence-electron chi connectivity index (χ2n) is 7.60. The second kappa shape index (κ2) is 7.67. The molecule has 0 radical (unpaired) electrons. The van der Waals surface area contributed by atoms with E-state index in [9.17, 15) is 4.79 Å². The number of hydrogen-bond donors (Lipinski definition) is 4. The Labute approximate surface area is 168 Å². The third kappa shape index (κ3) is 3.73. The number of nitrogens with two attached hydrogens (primary N) is 2. The van der Waals surface area contributed by atoms with Gasteiger partial charge in [-0.15, -0.1) is 10.2 Å². The Morgan fingerprint density at radius 2 is 2.03 bits per heavy atom. The van der Waals surface area contributed by atoms with E-state index in [4.69, 9.17) is 11.5 Å². The Hall–Kier alpha value is -3.20. The van der Waals surface area contributed by atoms with Crippen molar-refractivity contribution < 1.29 is 4.79 Å². The minimum absolute atomic E-state index is 0.00634. The number of hydrogen-bond acceptors (Lipinski definition) is 7. The largest absolute Gasteiger partial charge is 0.364 e. The van der Waals surface area contributed by atoms with Gasteiger partial charge in [-0.25, -0.2) is 0 Å². The number of benzene rings is 1. The van der Waals surface area contributed by atoms with Crippen LogP contribution in [-0.4, -0.2) is 37.7 Å². The number of primary amides is 1. The highest BCUT2D eigenvalue weighted by Gasteiger charge is 2.23. The molecule has 0 bridgehead atoms. The van der Waals surface area contributed by atoms with Crippen LogP contribution in [0.4, 0.5) is 17.5 Å². The molecule has 9 heteroatoms. The molecule has 3 aromatic rings.